The molecule has 4 nitrogen and oxygen atoms in total. The average molecular weight is 417 g/mol. The van der Waals surface area contributed by atoms with Crippen LogP contribution in [0, 0.1) is 0 Å². The van der Waals surface area contributed by atoms with E-state index in [1.807, 2.05) is 0 Å². The van der Waals surface area contributed by atoms with Crippen LogP contribution in [0.25, 0.3) is 0 Å². The number of hydrogen-bond acceptors (Lipinski definition) is 4. The van der Waals surface area contributed by atoms with Gasteiger partial charge in [-0.1, -0.05) is 97.1 Å². The molecule has 2 aliphatic carbocycles. The molecule has 0 aromatic heterocycles. The molecule has 0 saturated carbocycles. The van der Waals surface area contributed by atoms with Gasteiger partial charge in [0.1, 0.15) is 0 Å². The summed E-state index contributed by atoms with van der Waals surface area (Å²) < 4.78 is 0. The van der Waals surface area contributed by atoms with Gasteiger partial charge in [-0.3, -0.25) is 19.2 Å². The van der Waals surface area contributed by atoms with Crippen LogP contribution in [0.15, 0.2) is 97.1 Å². The van der Waals surface area contributed by atoms with Crippen molar-refractivity contribution in [1.29, 1.82) is 0 Å². The quantitative estimate of drug-likeness (QED) is 0.347. The van der Waals surface area contributed by atoms with Crippen LogP contribution >= 0.6 is 0 Å². The monoisotopic (exact) mass is 417 g/mol. The van der Waals surface area contributed by atoms with Crippen LogP contribution < -0.4 is 0 Å². The Kier molecular flexibility index (Phi) is 4.68. The van der Waals surface area contributed by atoms with Crippen LogP contribution in [-0.4, -0.2) is 23.1 Å². The normalized spacial score (nSPS) is 13.2. The minimum atomic E-state index is -0.0641. The summed E-state index contributed by atoms with van der Waals surface area (Å²) >= 11 is 0. The van der Waals surface area contributed by atoms with E-state index in [9.17, 15) is 19.2 Å². The number of hydrogen-bond donors (Lipinski definition) is 0. The highest BCUT2D eigenvalue weighted by molar-refractivity contribution is 6.29. The van der Waals surface area contributed by atoms with Gasteiger partial charge in [0.05, 0.1) is 0 Å². The van der Waals surface area contributed by atoms with Gasteiger partial charge in [-0.05, 0) is 0 Å². The first-order chi connectivity index (χ1) is 15.6. The number of carbonyl (C=O) groups excluding carboxylic acids is 4. The molecule has 0 atom stereocenters. The Hall–Kier alpha value is -4.44. The third-order valence-electron chi connectivity index (χ3n) is 5.67. The van der Waals surface area contributed by atoms with E-state index in [1.54, 1.807) is 97.1 Å². The van der Waals surface area contributed by atoms with Gasteiger partial charge < -0.3 is 0 Å². The minimum Gasteiger partial charge on any atom is -0.289 e. The van der Waals surface area contributed by atoms with Crippen LogP contribution in [0.3, 0.4) is 0 Å². The summed E-state index contributed by atoms with van der Waals surface area (Å²) in [4.78, 5) is 48.4. The highest BCUT2D eigenvalue weighted by atomic mass is 16.1. The molecular weight excluding hydrogens is 400 g/mol. The van der Waals surface area contributed by atoms with E-state index in [4.69, 9.17) is 0 Å². The van der Waals surface area contributed by atoms with Crippen molar-refractivity contribution in [3.8, 4) is 0 Å². The van der Waals surface area contributed by atoms with Gasteiger partial charge in [0, 0.05) is 44.5 Å². The van der Waals surface area contributed by atoms with Crippen molar-refractivity contribution in [3.63, 3.8) is 0 Å². The Balaban J connectivity index is 0.000000152. The fraction of sp³-hybridized carbons (Fsp3) is 0. The van der Waals surface area contributed by atoms with E-state index in [2.05, 4.69) is 0 Å². The minimum absolute atomic E-state index is 0. The topological polar surface area (TPSA) is 68.3 Å². The van der Waals surface area contributed by atoms with E-state index >= 15 is 0 Å². The first-order valence-electron chi connectivity index (χ1n) is 10.1. The van der Waals surface area contributed by atoms with Crippen molar-refractivity contribution < 1.29 is 20.6 Å². The first-order valence-corrected chi connectivity index (χ1v) is 10.1. The van der Waals surface area contributed by atoms with Crippen LogP contribution in [0.4, 0.5) is 0 Å². The van der Waals surface area contributed by atoms with E-state index in [0.29, 0.717) is 44.5 Å². The van der Waals surface area contributed by atoms with Gasteiger partial charge in [0.25, 0.3) is 0 Å². The van der Waals surface area contributed by atoms with Gasteiger partial charge in [-0.25, -0.2) is 0 Å². The first kappa shape index (κ1) is 19.5. The molecule has 152 valence electrons. The summed E-state index contributed by atoms with van der Waals surface area (Å²) in [7, 11) is 0. The van der Waals surface area contributed by atoms with E-state index < -0.39 is 0 Å². The molecule has 0 aliphatic heterocycles. The lowest BCUT2D eigenvalue weighted by atomic mass is 9.84. The average Bonchev–Trinajstić information content (AvgIpc) is 2.86. The van der Waals surface area contributed by atoms with E-state index in [1.165, 1.54) is 0 Å². The summed E-state index contributed by atoms with van der Waals surface area (Å²) in [5, 5.41) is 0. The molecule has 0 saturated heterocycles. The standard InChI is InChI=1S/2C14H8O2/c2*15-13-9-5-1-2-6-10(9)14(16)12-8-4-3-7-11(12)13/h2*1-8H/p+1. The Labute approximate surface area is 185 Å². The Morgan fingerprint density at radius 2 is 0.406 bits per heavy atom. The SMILES string of the molecule is O=C1c2ccccc2C(=O)c2ccccc21.O=C1c2ccccc2C(=O)c2ccccc21.[H+]. The van der Waals surface area contributed by atoms with Gasteiger partial charge in [0.2, 0.25) is 0 Å². The number of carbonyl (C=O) groups is 4. The van der Waals surface area contributed by atoms with E-state index in [-0.39, 0.29) is 24.6 Å². The number of rotatable bonds is 0. The van der Waals surface area contributed by atoms with Crippen molar-refractivity contribution >= 4 is 23.1 Å². The number of fused-ring (bicyclic) bond motifs is 4. The Morgan fingerprint density at radius 3 is 0.531 bits per heavy atom. The molecule has 4 heteroatoms. The van der Waals surface area contributed by atoms with Gasteiger partial charge in [-0.15, -0.1) is 0 Å². The molecule has 0 fully saturated rings. The summed E-state index contributed by atoms with van der Waals surface area (Å²) in [5.41, 5.74) is 4.05. The molecule has 0 bridgehead atoms. The predicted molar refractivity (Wildman–Crippen MR) is 121 cm³/mol. The van der Waals surface area contributed by atoms with Crippen molar-refractivity contribution in [2.45, 2.75) is 0 Å². The maximum atomic E-state index is 12.1. The second kappa shape index (κ2) is 7.67. The van der Waals surface area contributed by atoms with Gasteiger partial charge >= 0.3 is 1.43 Å². The van der Waals surface area contributed by atoms with Gasteiger partial charge in [0.15, 0.2) is 23.1 Å². The Morgan fingerprint density at radius 1 is 0.281 bits per heavy atom. The van der Waals surface area contributed by atoms with Crippen molar-refractivity contribution in [1.82, 2.24) is 0 Å². The molecule has 0 heterocycles. The lowest BCUT2D eigenvalue weighted by molar-refractivity contribution is 0.0979. The third kappa shape index (κ3) is 3.01. The van der Waals surface area contributed by atoms with Crippen LogP contribution in [0.5, 0.6) is 0 Å². The maximum Gasteiger partial charge on any atom is 1.00 e. The predicted octanol–water partition coefficient (Wildman–Crippen LogP) is 5.04. The van der Waals surface area contributed by atoms with Crippen LogP contribution in [0.2, 0.25) is 0 Å². The molecule has 4 aromatic carbocycles. The summed E-state index contributed by atoms with van der Waals surface area (Å²) in [6, 6.07) is 27.8. The van der Waals surface area contributed by atoms with Crippen LogP contribution in [-0.2, 0) is 0 Å². The molecule has 4 aromatic rings. The highest BCUT2D eigenvalue weighted by Crippen LogP contribution is 2.27. The number of ketones is 4. The molecule has 0 amide bonds. The van der Waals surface area contributed by atoms with Crippen LogP contribution in [0.1, 0.15) is 65.1 Å². The molecule has 2 aliphatic rings. The van der Waals surface area contributed by atoms with Gasteiger partial charge in [-0.2, -0.15) is 0 Å². The lowest BCUT2D eigenvalue weighted by Gasteiger charge is -2.16. The summed E-state index contributed by atoms with van der Waals surface area (Å²) in [5.74, 6) is -0.256. The zero-order valence-corrected chi connectivity index (χ0v) is 16.9. The fourth-order valence-corrected chi connectivity index (χ4v) is 4.10. The van der Waals surface area contributed by atoms with E-state index in [0.717, 1.165) is 0 Å². The zero-order valence-electron chi connectivity index (χ0n) is 17.9. The largest absolute Gasteiger partial charge is 1.00 e. The molecular formula is C28H17O4+. The number of benzene rings is 4. The summed E-state index contributed by atoms with van der Waals surface area (Å²) in [6.07, 6.45) is 0. The zero-order chi connectivity index (χ0) is 22.2. The molecule has 32 heavy (non-hydrogen) atoms. The highest BCUT2D eigenvalue weighted by Gasteiger charge is 2.29. The fourth-order valence-electron chi connectivity index (χ4n) is 4.10. The van der Waals surface area contributed by atoms with Crippen molar-refractivity contribution in [2.24, 2.45) is 0 Å². The summed E-state index contributed by atoms with van der Waals surface area (Å²) in [6.45, 7) is 0. The Bertz CT molecular complexity index is 1130. The maximum absolute atomic E-state index is 12.1. The molecule has 0 spiro atoms. The second-order valence-corrected chi connectivity index (χ2v) is 7.50. The van der Waals surface area contributed by atoms with Crippen molar-refractivity contribution in [2.75, 3.05) is 0 Å². The molecule has 0 radical (unpaired) electrons. The molecule has 0 N–H and O–H groups in total. The second-order valence-electron chi connectivity index (χ2n) is 7.50. The third-order valence-corrected chi connectivity index (χ3v) is 5.67. The lowest BCUT2D eigenvalue weighted by Crippen LogP contribution is -2.20. The molecule has 6 rings (SSSR count). The molecule has 0 unspecified atom stereocenters. The van der Waals surface area contributed by atoms with Crippen molar-refractivity contribution in [3.05, 3.63) is 142 Å². The smallest absolute Gasteiger partial charge is 0.289 e.